The number of likely N-dealkylation sites (tertiary alicyclic amines) is 1. The molecule has 30 heavy (non-hydrogen) atoms. The van der Waals surface area contributed by atoms with Crippen molar-refractivity contribution in [1.29, 1.82) is 0 Å². The molecule has 0 radical (unpaired) electrons. The molecular weight excluding hydrogens is 377 g/mol. The quantitative estimate of drug-likeness (QED) is 0.835. The Morgan fingerprint density at radius 3 is 2.57 bits per heavy atom. The van der Waals surface area contributed by atoms with Gasteiger partial charge in [0.25, 0.3) is 5.91 Å². The molecule has 0 bridgehead atoms. The van der Waals surface area contributed by atoms with Gasteiger partial charge in [-0.1, -0.05) is 24.3 Å². The van der Waals surface area contributed by atoms with Gasteiger partial charge >= 0.3 is 0 Å². The van der Waals surface area contributed by atoms with Crippen molar-refractivity contribution in [2.24, 2.45) is 0 Å². The standard InChI is InChI=1S/C25H30FN3O/c26-22-6-3-18(4-7-22)16-28-12-9-19(10-13-28)20-5-8-24-21(14-20)17-29(25(24)30)23-2-1-11-27-15-23/h3-8,14,19,23,27H,1-2,9-13,15-17H2. The molecule has 0 spiro atoms. The highest BCUT2D eigenvalue weighted by molar-refractivity contribution is 5.98. The van der Waals surface area contributed by atoms with Gasteiger partial charge < -0.3 is 10.2 Å². The number of nitrogens with one attached hydrogen (secondary N) is 1. The summed E-state index contributed by atoms with van der Waals surface area (Å²) in [6.07, 6.45) is 4.51. The third kappa shape index (κ3) is 4.01. The van der Waals surface area contributed by atoms with Crippen LogP contribution >= 0.6 is 0 Å². The number of piperidine rings is 2. The van der Waals surface area contributed by atoms with Crippen LogP contribution in [0.4, 0.5) is 4.39 Å². The summed E-state index contributed by atoms with van der Waals surface area (Å²) in [5.74, 6) is 0.588. The van der Waals surface area contributed by atoms with E-state index in [2.05, 4.69) is 33.3 Å². The number of fused-ring (bicyclic) bond motifs is 1. The highest BCUT2D eigenvalue weighted by Crippen LogP contribution is 2.33. The van der Waals surface area contributed by atoms with E-state index in [9.17, 15) is 9.18 Å². The van der Waals surface area contributed by atoms with Crippen LogP contribution in [0.5, 0.6) is 0 Å². The summed E-state index contributed by atoms with van der Waals surface area (Å²) in [6.45, 7) is 5.73. The molecule has 2 saturated heterocycles. The minimum absolute atomic E-state index is 0.175. The van der Waals surface area contributed by atoms with Crippen LogP contribution in [0.3, 0.4) is 0 Å². The molecule has 2 aromatic rings. The molecule has 2 aromatic carbocycles. The zero-order valence-electron chi connectivity index (χ0n) is 17.4. The smallest absolute Gasteiger partial charge is 0.254 e. The highest BCUT2D eigenvalue weighted by Gasteiger charge is 2.34. The molecule has 1 atom stereocenters. The van der Waals surface area contributed by atoms with Gasteiger partial charge in [-0.15, -0.1) is 0 Å². The Hall–Kier alpha value is -2.24. The van der Waals surface area contributed by atoms with E-state index in [0.717, 1.165) is 70.5 Å². The molecule has 1 unspecified atom stereocenters. The normalized spacial score (nSPS) is 23.0. The fourth-order valence-electron chi connectivity index (χ4n) is 5.28. The molecular formula is C25H30FN3O. The lowest BCUT2D eigenvalue weighted by Crippen LogP contribution is -2.46. The third-order valence-electron chi connectivity index (χ3n) is 7.05. The Balaban J connectivity index is 1.21. The number of nitrogens with zero attached hydrogens (tertiary/aromatic N) is 2. The first-order chi connectivity index (χ1) is 14.7. The second-order valence-corrected chi connectivity index (χ2v) is 9.03. The fraction of sp³-hybridized carbons (Fsp3) is 0.480. The third-order valence-corrected chi connectivity index (χ3v) is 7.05. The lowest BCUT2D eigenvalue weighted by atomic mass is 9.87. The largest absolute Gasteiger partial charge is 0.330 e. The number of hydrogen-bond donors (Lipinski definition) is 1. The SMILES string of the molecule is O=C1c2ccc(C3CCN(Cc4ccc(F)cc4)CC3)cc2CN1C1CCCNC1. The van der Waals surface area contributed by atoms with E-state index in [4.69, 9.17) is 0 Å². The van der Waals surface area contributed by atoms with Crippen LogP contribution in [0.1, 0.15) is 58.6 Å². The average molecular weight is 408 g/mol. The van der Waals surface area contributed by atoms with Crippen molar-refractivity contribution in [3.05, 3.63) is 70.5 Å². The van der Waals surface area contributed by atoms with Gasteiger partial charge in [0.2, 0.25) is 0 Å². The fourth-order valence-corrected chi connectivity index (χ4v) is 5.28. The monoisotopic (exact) mass is 407 g/mol. The second-order valence-electron chi connectivity index (χ2n) is 9.03. The Morgan fingerprint density at radius 2 is 1.83 bits per heavy atom. The maximum atomic E-state index is 13.1. The van der Waals surface area contributed by atoms with Crippen molar-refractivity contribution in [2.45, 2.75) is 50.7 Å². The number of amides is 1. The maximum Gasteiger partial charge on any atom is 0.254 e. The first kappa shape index (κ1) is 19.7. The van der Waals surface area contributed by atoms with E-state index in [1.54, 1.807) is 12.1 Å². The maximum absolute atomic E-state index is 13.1. The zero-order valence-corrected chi connectivity index (χ0v) is 17.4. The summed E-state index contributed by atoms with van der Waals surface area (Å²) >= 11 is 0. The molecule has 4 nitrogen and oxygen atoms in total. The molecule has 0 aromatic heterocycles. The minimum Gasteiger partial charge on any atom is -0.330 e. The molecule has 3 aliphatic rings. The molecule has 3 aliphatic heterocycles. The summed E-state index contributed by atoms with van der Waals surface area (Å²) in [5, 5.41) is 3.43. The summed E-state index contributed by atoms with van der Waals surface area (Å²) in [7, 11) is 0. The Bertz CT molecular complexity index is 899. The molecule has 5 rings (SSSR count). The van der Waals surface area contributed by atoms with E-state index in [0.29, 0.717) is 12.0 Å². The van der Waals surface area contributed by atoms with Crippen molar-refractivity contribution in [2.75, 3.05) is 26.2 Å². The van der Waals surface area contributed by atoms with E-state index in [-0.39, 0.29) is 11.7 Å². The number of halogens is 1. The van der Waals surface area contributed by atoms with Gasteiger partial charge in [-0.2, -0.15) is 0 Å². The molecule has 2 fully saturated rings. The van der Waals surface area contributed by atoms with Crippen LogP contribution in [-0.4, -0.2) is 47.9 Å². The van der Waals surface area contributed by atoms with Gasteiger partial charge in [-0.3, -0.25) is 9.69 Å². The van der Waals surface area contributed by atoms with Gasteiger partial charge in [0.15, 0.2) is 0 Å². The van der Waals surface area contributed by atoms with Crippen molar-refractivity contribution < 1.29 is 9.18 Å². The van der Waals surface area contributed by atoms with E-state index in [1.165, 1.54) is 16.7 Å². The number of hydrogen-bond acceptors (Lipinski definition) is 3. The van der Waals surface area contributed by atoms with Crippen LogP contribution in [-0.2, 0) is 13.1 Å². The van der Waals surface area contributed by atoms with Crippen molar-refractivity contribution >= 4 is 5.91 Å². The minimum atomic E-state index is -0.175. The van der Waals surface area contributed by atoms with Crippen molar-refractivity contribution in [3.63, 3.8) is 0 Å². The molecule has 0 saturated carbocycles. The predicted octanol–water partition coefficient (Wildman–Crippen LogP) is 3.91. The predicted molar refractivity (Wildman–Crippen MR) is 116 cm³/mol. The molecule has 3 heterocycles. The number of benzene rings is 2. The summed E-state index contributed by atoms with van der Waals surface area (Å²) in [4.78, 5) is 17.4. The Labute approximate surface area is 178 Å². The molecule has 158 valence electrons. The van der Waals surface area contributed by atoms with E-state index in [1.807, 2.05) is 12.1 Å². The van der Waals surface area contributed by atoms with Crippen molar-refractivity contribution in [3.8, 4) is 0 Å². The molecule has 5 heteroatoms. The van der Waals surface area contributed by atoms with Gasteiger partial charge in [0, 0.05) is 31.2 Å². The van der Waals surface area contributed by atoms with Gasteiger partial charge in [-0.05, 0) is 86.1 Å². The molecule has 1 amide bonds. The van der Waals surface area contributed by atoms with Crippen LogP contribution in [0.2, 0.25) is 0 Å². The molecule has 1 N–H and O–H groups in total. The summed E-state index contributed by atoms with van der Waals surface area (Å²) < 4.78 is 13.1. The van der Waals surface area contributed by atoms with Crippen molar-refractivity contribution in [1.82, 2.24) is 15.1 Å². The van der Waals surface area contributed by atoms with Crippen LogP contribution in [0, 0.1) is 5.82 Å². The van der Waals surface area contributed by atoms with Gasteiger partial charge in [-0.25, -0.2) is 4.39 Å². The van der Waals surface area contributed by atoms with Crippen LogP contribution in [0.25, 0.3) is 0 Å². The number of carbonyl (C=O) groups is 1. The van der Waals surface area contributed by atoms with E-state index >= 15 is 0 Å². The number of carbonyl (C=O) groups excluding carboxylic acids is 1. The van der Waals surface area contributed by atoms with Crippen LogP contribution < -0.4 is 5.32 Å². The first-order valence-electron chi connectivity index (χ1n) is 11.3. The lowest BCUT2D eigenvalue weighted by molar-refractivity contribution is 0.0674. The highest BCUT2D eigenvalue weighted by atomic mass is 19.1. The summed E-state index contributed by atoms with van der Waals surface area (Å²) in [5.41, 5.74) is 4.66. The topological polar surface area (TPSA) is 35.6 Å². The Kier molecular flexibility index (Phi) is 5.57. The average Bonchev–Trinajstić information content (AvgIpc) is 3.12. The first-order valence-corrected chi connectivity index (χ1v) is 11.3. The van der Waals surface area contributed by atoms with Crippen LogP contribution in [0.15, 0.2) is 42.5 Å². The van der Waals surface area contributed by atoms with Gasteiger partial charge in [0.1, 0.15) is 5.82 Å². The molecule has 0 aliphatic carbocycles. The van der Waals surface area contributed by atoms with Gasteiger partial charge in [0.05, 0.1) is 0 Å². The lowest BCUT2D eigenvalue weighted by Gasteiger charge is -2.32. The Morgan fingerprint density at radius 1 is 1.03 bits per heavy atom. The summed E-state index contributed by atoms with van der Waals surface area (Å²) in [6, 6.07) is 13.7. The number of rotatable bonds is 4. The second kappa shape index (κ2) is 8.48. The van der Waals surface area contributed by atoms with E-state index < -0.39 is 0 Å². The zero-order chi connectivity index (χ0) is 20.5.